The number of aryl methyl sites for hydroxylation is 2. The Balaban J connectivity index is 1.85. The predicted octanol–water partition coefficient (Wildman–Crippen LogP) is 5.43. The molecule has 0 aliphatic heterocycles. The first-order chi connectivity index (χ1) is 14.9. The molecule has 0 saturated carbocycles. The van der Waals surface area contributed by atoms with E-state index in [1.807, 2.05) is 32.0 Å². The van der Waals surface area contributed by atoms with Gasteiger partial charge in [0.25, 0.3) is 0 Å². The van der Waals surface area contributed by atoms with E-state index in [2.05, 4.69) is 5.32 Å². The number of ether oxygens (including phenoxy) is 1. The minimum atomic E-state index is -1.06. The molecule has 3 aromatic rings. The highest BCUT2D eigenvalue weighted by Gasteiger charge is 2.27. The molecule has 1 atom stereocenters. The van der Waals surface area contributed by atoms with Crippen molar-refractivity contribution in [1.82, 2.24) is 0 Å². The smallest absolute Gasteiger partial charge is 0.339 e. The third kappa shape index (κ3) is 5.45. The van der Waals surface area contributed by atoms with Crippen LogP contribution in [-0.4, -0.2) is 17.7 Å². The van der Waals surface area contributed by atoms with E-state index in [1.54, 1.807) is 61.5 Å². The summed E-state index contributed by atoms with van der Waals surface area (Å²) in [6.07, 6.45) is -0.696. The molecule has 158 valence electrons. The second kappa shape index (κ2) is 9.85. The highest BCUT2D eigenvalue weighted by Crippen LogP contribution is 2.25. The maximum absolute atomic E-state index is 13.3. The van der Waals surface area contributed by atoms with Gasteiger partial charge in [-0.05, 0) is 55.3 Å². The average Bonchev–Trinajstić information content (AvgIpc) is 2.79. The number of Topliss-reactive ketones (excluding diaryl/α,β-unsaturated/α-hetero) is 1. The lowest BCUT2D eigenvalue weighted by molar-refractivity contribution is -0.115. The van der Waals surface area contributed by atoms with Gasteiger partial charge in [0, 0.05) is 23.2 Å². The van der Waals surface area contributed by atoms with Crippen LogP contribution in [-0.2, 0) is 9.53 Å². The van der Waals surface area contributed by atoms with Gasteiger partial charge >= 0.3 is 5.97 Å². The first-order valence-electron chi connectivity index (χ1n) is 10.2. The lowest BCUT2D eigenvalue weighted by atomic mass is 9.97. The molecule has 0 spiro atoms. The Labute approximate surface area is 182 Å². The van der Waals surface area contributed by atoms with Crippen LogP contribution in [0.2, 0.25) is 0 Å². The summed E-state index contributed by atoms with van der Waals surface area (Å²) in [6, 6.07) is 20.8. The van der Waals surface area contributed by atoms with Gasteiger partial charge < -0.3 is 10.1 Å². The molecule has 0 heterocycles. The molecule has 0 aliphatic carbocycles. The molecule has 0 bridgehead atoms. The number of nitrogens with one attached hydrogen (secondary N) is 1. The van der Waals surface area contributed by atoms with Crippen molar-refractivity contribution >= 4 is 23.3 Å². The van der Waals surface area contributed by atoms with E-state index in [0.29, 0.717) is 28.8 Å². The molecule has 0 radical (unpaired) electrons. The Kier molecular flexibility index (Phi) is 6.98. The van der Waals surface area contributed by atoms with Crippen LogP contribution in [0.5, 0.6) is 0 Å². The van der Waals surface area contributed by atoms with E-state index in [9.17, 15) is 14.4 Å². The molecule has 5 nitrogen and oxygen atoms in total. The predicted molar refractivity (Wildman–Crippen MR) is 120 cm³/mol. The van der Waals surface area contributed by atoms with Gasteiger partial charge in [0.05, 0.1) is 5.56 Å². The van der Waals surface area contributed by atoms with E-state index in [0.717, 1.165) is 11.1 Å². The number of hydrogen-bond donors (Lipinski definition) is 1. The number of anilines is 1. The summed E-state index contributed by atoms with van der Waals surface area (Å²) >= 11 is 0. The number of carbonyl (C=O) groups excluding carboxylic acids is 3. The minimum Gasteiger partial charge on any atom is -0.445 e. The quantitative estimate of drug-likeness (QED) is 0.412. The third-order valence-corrected chi connectivity index (χ3v) is 5.08. The standard InChI is InChI=1S/C26H25NO4/c1-4-23(28)27-22-14-12-20(13-15-22)26(30)31-25(19-8-6-5-7-9-19)24(29)21-11-10-17(2)18(3)16-21/h5-16,25H,4H2,1-3H3,(H,27,28)/t25-/m1/s1. The molecule has 31 heavy (non-hydrogen) atoms. The SMILES string of the molecule is CCC(=O)Nc1ccc(C(=O)O[C@@H](C(=O)c2ccc(C)c(C)c2)c2ccccc2)cc1. The zero-order chi connectivity index (χ0) is 22.4. The highest BCUT2D eigenvalue weighted by molar-refractivity contribution is 6.02. The maximum Gasteiger partial charge on any atom is 0.339 e. The number of esters is 1. The molecule has 0 aromatic heterocycles. The van der Waals surface area contributed by atoms with Crippen LogP contribution in [0.25, 0.3) is 0 Å². The number of amides is 1. The van der Waals surface area contributed by atoms with Crippen LogP contribution < -0.4 is 5.32 Å². The van der Waals surface area contributed by atoms with Crippen molar-refractivity contribution in [2.75, 3.05) is 5.32 Å². The Bertz CT molecular complexity index is 1090. The first-order valence-corrected chi connectivity index (χ1v) is 10.2. The fraction of sp³-hybridized carbons (Fsp3) is 0.192. The zero-order valence-electron chi connectivity index (χ0n) is 17.8. The number of carbonyl (C=O) groups is 3. The summed E-state index contributed by atoms with van der Waals surface area (Å²) in [5, 5.41) is 2.73. The van der Waals surface area contributed by atoms with Gasteiger partial charge in [0.15, 0.2) is 6.10 Å². The van der Waals surface area contributed by atoms with Crippen LogP contribution in [0.1, 0.15) is 56.9 Å². The largest absolute Gasteiger partial charge is 0.445 e. The Morgan fingerprint density at radius 3 is 2.10 bits per heavy atom. The minimum absolute atomic E-state index is 0.113. The summed E-state index contributed by atoms with van der Waals surface area (Å²) in [5.41, 5.74) is 4.06. The van der Waals surface area contributed by atoms with Gasteiger partial charge in [-0.2, -0.15) is 0 Å². The Morgan fingerprint density at radius 2 is 1.48 bits per heavy atom. The summed E-state index contributed by atoms with van der Waals surface area (Å²) in [4.78, 5) is 37.6. The fourth-order valence-electron chi connectivity index (χ4n) is 3.06. The van der Waals surface area contributed by atoms with Gasteiger partial charge in [0.1, 0.15) is 0 Å². The monoisotopic (exact) mass is 415 g/mol. The molecule has 3 rings (SSSR count). The molecule has 1 amide bonds. The van der Waals surface area contributed by atoms with Crippen molar-refractivity contribution in [3.8, 4) is 0 Å². The molecule has 3 aromatic carbocycles. The van der Waals surface area contributed by atoms with Gasteiger partial charge in [-0.3, -0.25) is 9.59 Å². The van der Waals surface area contributed by atoms with Crippen molar-refractivity contribution in [2.24, 2.45) is 0 Å². The van der Waals surface area contributed by atoms with Crippen molar-refractivity contribution < 1.29 is 19.1 Å². The van der Waals surface area contributed by atoms with Crippen molar-refractivity contribution in [3.63, 3.8) is 0 Å². The first kappa shape index (κ1) is 22.0. The van der Waals surface area contributed by atoms with Gasteiger partial charge in [0.2, 0.25) is 11.7 Å². The molecule has 0 unspecified atom stereocenters. The summed E-state index contributed by atoms with van der Waals surface area (Å²) < 4.78 is 5.68. The van der Waals surface area contributed by atoms with Crippen LogP contribution in [0, 0.1) is 13.8 Å². The van der Waals surface area contributed by atoms with Gasteiger partial charge in [-0.15, -0.1) is 0 Å². The topological polar surface area (TPSA) is 72.5 Å². The molecular weight excluding hydrogens is 390 g/mol. The summed E-state index contributed by atoms with van der Waals surface area (Å²) in [6.45, 7) is 5.68. The number of benzene rings is 3. The van der Waals surface area contributed by atoms with E-state index < -0.39 is 12.1 Å². The van der Waals surface area contributed by atoms with Crippen LogP contribution in [0.3, 0.4) is 0 Å². The number of ketones is 1. The second-order valence-corrected chi connectivity index (χ2v) is 7.34. The molecule has 5 heteroatoms. The molecule has 0 fully saturated rings. The van der Waals surface area contributed by atoms with E-state index >= 15 is 0 Å². The maximum atomic E-state index is 13.3. The number of rotatable bonds is 7. The molecule has 1 N–H and O–H groups in total. The van der Waals surface area contributed by atoms with E-state index in [4.69, 9.17) is 4.74 Å². The van der Waals surface area contributed by atoms with Crippen molar-refractivity contribution in [1.29, 1.82) is 0 Å². The second-order valence-electron chi connectivity index (χ2n) is 7.34. The highest BCUT2D eigenvalue weighted by atomic mass is 16.5. The van der Waals surface area contributed by atoms with E-state index in [-0.39, 0.29) is 11.7 Å². The van der Waals surface area contributed by atoms with Gasteiger partial charge in [-0.1, -0.05) is 49.4 Å². The Hall–Kier alpha value is -3.73. The normalized spacial score (nSPS) is 11.5. The van der Waals surface area contributed by atoms with Crippen LogP contribution in [0.4, 0.5) is 5.69 Å². The zero-order valence-corrected chi connectivity index (χ0v) is 17.8. The lowest BCUT2D eigenvalue weighted by Gasteiger charge is -2.18. The number of hydrogen-bond acceptors (Lipinski definition) is 4. The van der Waals surface area contributed by atoms with Gasteiger partial charge in [-0.25, -0.2) is 4.79 Å². The fourth-order valence-corrected chi connectivity index (χ4v) is 3.06. The molecular formula is C26H25NO4. The van der Waals surface area contributed by atoms with Crippen molar-refractivity contribution in [3.05, 3.63) is 101 Å². The lowest BCUT2D eigenvalue weighted by Crippen LogP contribution is -2.20. The van der Waals surface area contributed by atoms with Crippen LogP contribution in [0.15, 0.2) is 72.8 Å². The average molecular weight is 415 g/mol. The summed E-state index contributed by atoms with van der Waals surface area (Å²) in [5.74, 6) is -1.01. The van der Waals surface area contributed by atoms with E-state index in [1.165, 1.54) is 0 Å². The molecule has 0 saturated heterocycles. The summed E-state index contributed by atoms with van der Waals surface area (Å²) in [7, 11) is 0. The van der Waals surface area contributed by atoms with Crippen molar-refractivity contribution in [2.45, 2.75) is 33.3 Å². The molecule has 0 aliphatic rings. The van der Waals surface area contributed by atoms with Crippen LogP contribution >= 0.6 is 0 Å². The third-order valence-electron chi connectivity index (χ3n) is 5.08. The Morgan fingerprint density at radius 1 is 0.839 bits per heavy atom.